The van der Waals surface area contributed by atoms with Crippen LogP contribution in [0.1, 0.15) is 158 Å². The Bertz CT molecular complexity index is 940. The minimum absolute atomic E-state index is 0.0888. The number of hydrogen-bond donors (Lipinski definition) is 0. The summed E-state index contributed by atoms with van der Waals surface area (Å²) in [5.41, 5.74) is 0. The molecule has 6 heteroatoms. The lowest BCUT2D eigenvalue weighted by Crippen LogP contribution is -2.47. The molecule has 47 heavy (non-hydrogen) atoms. The van der Waals surface area contributed by atoms with Crippen molar-refractivity contribution in [1.29, 1.82) is 0 Å². The standard InChI is InChI=1S/C41H78O3SSi2/c1-12-13-14-15-16-17-18-19-20-21-22-23-24-25-29-32-36(43-46(8,9)40(2,3)4)37-33-38(44-47(10,11)41(5,6)7)39(42-37)34-45-35-30-27-26-28-31-35/h26-28,30-31,36-39H,12-25,29,32-34H2,1-11H3/t36-,37-,38+,39+/m0/s1. The molecule has 0 aromatic heterocycles. The van der Waals surface area contributed by atoms with Crippen molar-refractivity contribution in [2.45, 2.75) is 223 Å². The average molecular weight is 707 g/mol. The zero-order chi connectivity index (χ0) is 35.0. The topological polar surface area (TPSA) is 27.7 Å². The second kappa shape index (κ2) is 21.3. The summed E-state index contributed by atoms with van der Waals surface area (Å²) in [5.74, 6) is 0.922. The molecule has 0 unspecified atom stereocenters. The smallest absolute Gasteiger partial charge is 0.192 e. The Kier molecular flexibility index (Phi) is 19.5. The summed E-state index contributed by atoms with van der Waals surface area (Å²) < 4.78 is 21.4. The van der Waals surface area contributed by atoms with Crippen LogP contribution < -0.4 is 0 Å². The average Bonchev–Trinajstić information content (AvgIpc) is 3.38. The first-order valence-corrected chi connectivity index (χ1v) is 26.6. The molecule has 0 amide bonds. The van der Waals surface area contributed by atoms with E-state index in [1.54, 1.807) is 0 Å². The van der Waals surface area contributed by atoms with Gasteiger partial charge in [-0.3, -0.25) is 0 Å². The molecule has 3 nitrogen and oxygen atoms in total. The van der Waals surface area contributed by atoms with Gasteiger partial charge in [-0.25, -0.2) is 0 Å². The van der Waals surface area contributed by atoms with Gasteiger partial charge < -0.3 is 13.6 Å². The SMILES string of the molecule is CCCCCCCCCCCCCCCCC[C@H](O[Si](C)(C)C(C)(C)C)[C@@H]1C[C@@H](O[Si](C)(C)C(C)(C)C)[C@@H](CSc2ccccc2)O1. The van der Waals surface area contributed by atoms with Crippen molar-refractivity contribution in [2.75, 3.05) is 5.75 Å². The minimum Gasteiger partial charge on any atom is -0.411 e. The molecule has 274 valence electrons. The molecule has 1 aromatic rings. The van der Waals surface area contributed by atoms with E-state index < -0.39 is 16.6 Å². The van der Waals surface area contributed by atoms with Gasteiger partial charge in [0.2, 0.25) is 0 Å². The maximum absolute atomic E-state index is 7.23. The summed E-state index contributed by atoms with van der Waals surface area (Å²) in [5, 5.41) is 0.353. The molecular formula is C41H78O3SSi2. The third kappa shape index (κ3) is 16.2. The van der Waals surface area contributed by atoms with Crippen LogP contribution >= 0.6 is 11.8 Å². The third-order valence-corrected chi connectivity index (χ3v) is 21.5. The van der Waals surface area contributed by atoms with Crippen molar-refractivity contribution in [1.82, 2.24) is 0 Å². The van der Waals surface area contributed by atoms with Crippen LogP contribution in [-0.2, 0) is 13.6 Å². The van der Waals surface area contributed by atoms with Gasteiger partial charge in [0, 0.05) is 17.1 Å². The summed E-state index contributed by atoms with van der Waals surface area (Å²) in [6.07, 6.45) is 23.5. The van der Waals surface area contributed by atoms with Crippen LogP contribution in [0.2, 0.25) is 36.3 Å². The molecule has 0 bridgehead atoms. The van der Waals surface area contributed by atoms with Gasteiger partial charge in [-0.05, 0) is 54.8 Å². The quantitative estimate of drug-likeness (QED) is 0.0607. The van der Waals surface area contributed by atoms with Crippen LogP contribution in [0.25, 0.3) is 0 Å². The van der Waals surface area contributed by atoms with Crippen molar-refractivity contribution in [2.24, 2.45) is 0 Å². The third-order valence-electron chi connectivity index (χ3n) is 11.4. The molecule has 1 aliphatic rings. The maximum atomic E-state index is 7.23. The van der Waals surface area contributed by atoms with Crippen molar-refractivity contribution in [3.05, 3.63) is 30.3 Å². The zero-order valence-corrected chi connectivity index (χ0v) is 35.9. The second-order valence-electron chi connectivity index (χ2n) is 17.6. The molecule has 1 saturated heterocycles. The van der Waals surface area contributed by atoms with E-state index in [1.165, 1.54) is 101 Å². The predicted molar refractivity (Wildman–Crippen MR) is 214 cm³/mol. The molecule has 1 fully saturated rings. The largest absolute Gasteiger partial charge is 0.411 e. The summed E-state index contributed by atoms with van der Waals surface area (Å²) in [6.45, 7) is 26.0. The lowest BCUT2D eigenvalue weighted by Gasteiger charge is -2.41. The van der Waals surface area contributed by atoms with Crippen LogP contribution in [0.3, 0.4) is 0 Å². The van der Waals surface area contributed by atoms with Crippen LogP contribution in [0.15, 0.2) is 35.2 Å². The Morgan fingerprint density at radius 3 is 1.64 bits per heavy atom. The minimum atomic E-state index is -1.95. The molecular weight excluding hydrogens is 629 g/mol. The van der Waals surface area contributed by atoms with E-state index in [0.29, 0.717) is 0 Å². The van der Waals surface area contributed by atoms with Gasteiger partial charge in [0.15, 0.2) is 16.6 Å². The highest BCUT2D eigenvalue weighted by molar-refractivity contribution is 7.99. The molecule has 1 aliphatic heterocycles. The molecule has 4 atom stereocenters. The number of thioether (sulfide) groups is 1. The monoisotopic (exact) mass is 707 g/mol. The van der Waals surface area contributed by atoms with E-state index in [1.807, 2.05) is 11.8 Å². The molecule has 0 N–H and O–H groups in total. The van der Waals surface area contributed by atoms with Gasteiger partial charge in [0.25, 0.3) is 0 Å². The highest BCUT2D eigenvalue weighted by Gasteiger charge is 2.48. The lowest BCUT2D eigenvalue weighted by atomic mass is 10.0. The van der Waals surface area contributed by atoms with E-state index in [9.17, 15) is 0 Å². The van der Waals surface area contributed by atoms with Crippen molar-refractivity contribution >= 4 is 28.4 Å². The van der Waals surface area contributed by atoms with Crippen molar-refractivity contribution in [3.8, 4) is 0 Å². The van der Waals surface area contributed by atoms with Crippen LogP contribution in [0.5, 0.6) is 0 Å². The Labute approximate surface area is 300 Å². The molecule has 2 rings (SSSR count). The second-order valence-corrected chi connectivity index (χ2v) is 28.3. The first-order valence-electron chi connectivity index (χ1n) is 19.8. The van der Waals surface area contributed by atoms with Crippen molar-refractivity contribution < 1.29 is 13.6 Å². The lowest BCUT2D eigenvalue weighted by molar-refractivity contribution is -0.0323. The van der Waals surface area contributed by atoms with Gasteiger partial charge in [0.1, 0.15) is 0 Å². The summed E-state index contributed by atoms with van der Waals surface area (Å²) in [4.78, 5) is 1.30. The van der Waals surface area contributed by atoms with Gasteiger partial charge >= 0.3 is 0 Å². The van der Waals surface area contributed by atoms with E-state index >= 15 is 0 Å². The fraction of sp³-hybridized carbons (Fsp3) is 0.854. The van der Waals surface area contributed by atoms with E-state index in [4.69, 9.17) is 13.6 Å². The van der Waals surface area contributed by atoms with Crippen LogP contribution in [0, 0.1) is 0 Å². The summed E-state index contributed by atoms with van der Waals surface area (Å²) in [6, 6.07) is 10.8. The van der Waals surface area contributed by atoms with E-state index in [-0.39, 0.29) is 34.5 Å². The molecule has 0 radical (unpaired) electrons. The molecule has 0 saturated carbocycles. The Morgan fingerprint density at radius 1 is 0.702 bits per heavy atom. The van der Waals surface area contributed by atoms with Gasteiger partial charge in [-0.1, -0.05) is 163 Å². The number of hydrogen-bond acceptors (Lipinski definition) is 4. The number of benzene rings is 1. The number of ether oxygens (including phenoxy) is 1. The Balaban J connectivity index is 1.93. The molecule has 0 aliphatic carbocycles. The van der Waals surface area contributed by atoms with Crippen LogP contribution in [0.4, 0.5) is 0 Å². The first-order chi connectivity index (χ1) is 22.1. The number of rotatable bonds is 24. The van der Waals surface area contributed by atoms with Gasteiger partial charge in [-0.15, -0.1) is 11.8 Å². The fourth-order valence-corrected chi connectivity index (χ4v) is 9.84. The van der Waals surface area contributed by atoms with Gasteiger partial charge in [0.05, 0.1) is 24.4 Å². The highest BCUT2D eigenvalue weighted by atomic mass is 32.2. The summed E-state index contributed by atoms with van der Waals surface area (Å²) in [7, 11) is -3.90. The predicted octanol–water partition coefficient (Wildman–Crippen LogP) is 14.0. The molecule has 1 heterocycles. The number of unbranched alkanes of at least 4 members (excludes halogenated alkanes) is 14. The Morgan fingerprint density at radius 2 is 1.17 bits per heavy atom. The zero-order valence-electron chi connectivity index (χ0n) is 33.1. The molecule has 1 aromatic carbocycles. The molecule has 0 spiro atoms. The van der Waals surface area contributed by atoms with Crippen LogP contribution in [-0.4, -0.2) is 46.8 Å². The van der Waals surface area contributed by atoms with Gasteiger partial charge in [-0.2, -0.15) is 0 Å². The Hall–Kier alpha value is -0.116. The van der Waals surface area contributed by atoms with E-state index in [2.05, 4.69) is 105 Å². The fourth-order valence-electron chi connectivity index (χ4n) is 6.10. The van der Waals surface area contributed by atoms with Crippen molar-refractivity contribution in [3.63, 3.8) is 0 Å². The summed E-state index contributed by atoms with van der Waals surface area (Å²) >= 11 is 1.90. The maximum Gasteiger partial charge on any atom is 0.192 e. The normalized spacial score (nSPS) is 20.2. The van der Waals surface area contributed by atoms with E-state index in [0.717, 1.165) is 18.6 Å². The highest BCUT2D eigenvalue weighted by Crippen LogP contribution is 2.43. The first kappa shape index (κ1) is 43.0.